The molecule has 1 aromatic carbocycles. The highest BCUT2D eigenvalue weighted by Gasteiger charge is 2.17. The molecule has 0 aliphatic heterocycles. The van der Waals surface area contributed by atoms with Gasteiger partial charge in [-0.3, -0.25) is 4.89 Å². The highest BCUT2D eigenvalue weighted by Crippen LogP contribution is 2.20. The van der Waals surface area contributed by atoms with Gasteiger partial charge in [0.15, 0.2) is 0 Å². The van der Waals surface area contributed by atoms with Gasteiger partial charge in [-0.15, -0.1) is 0 Å². The Kier molecular flexibility index (Phi) is 4.15. The number of carbonyl (C=O) groups is 1. The van der Waals surface area contributed by atoms with Crippen LogP contribution in [-0.4, -0.2) is 12.1 Å². The van der Waals surface area contributed by atoms with Crippen LogP contribution in [0.4, 0.5) is 0 Å². The van der Waals surface area contributed by atoms with Crippen molar-refractivity contribution in [2.75, 3.05) is 0 Å². The number of hydrogen-bond acceptors (Lipinski definition) is 3. The summed E-state index contributed by atoms with van der Waals surface area (Å²) < 4.78 is 0. The Morgan fingerprint density at radius 1 is 1.12 bits per heavy atom. The third-order valence-corrected chi connectivity index (χ3v) is 3.10. The van der Waals surface area contributed by atoms with Crippen LogP contribution in [0.5, 0.6) is 0 Å². The normalized spacial score (nSPS) is 16.8. The second kappa shape index (κ2) is 5.82. The van der Waals surface area contributed by atoms with Crippen LogP contribution in [0.1, 0.15) is 48.0 Å². The number of rotatable bonds is 3. The van der Waals surface area contributed by atoms with Crippen LogP contribution in [0, 0.1) is 6.92 Å². The van der Waals surface area contributed by atoms with E-state index in [1.807, 2.05) is 19.1 Å². The fourth-order valence-corrected chi connectivity index (χ4v) is 2.01. The largest absolute Gasteiger partial charge is 0.373 e. The fourth-order valence-electron chi connectivity index (χ4n) is 2.01. The van der Waals surface area contributed by atoms with Crippen LogP contribution in [0.25, 0.3) is 0 Å². The standard InChI is InChI=1S/C14H18O3/c1-11-7-9-12(10-8-11)14(15)17-16-13-5-3-2-4-6-13/h7-10,13H,2-6H2,1H3. The lowest BCUT2D eigenvalue weighted by Crippen LogP contribution is -2.19. The van der Waals surface area contributed by atoms with Crippen molar-refractivity contribution in [3.8, 4) is 0 Å². The summed E-state index contributed by atoms with van der Waals surface area (Å²) in [5, 5.41) is 0. The molecule has 0 bridgehead atoms. The molecule has 3 nitrogen and oxygen atoms in total. The SMILES string of the molecule is Cc1ccc(C(=O)OOC2CCCCC2)cc1. The van der Waals surface area contributed by atoms with E-state index in [2.05, 4.69) is 0 Å². The van der Waals surface area contributed by atoms with E-state index in [0.717, 1.165) is 31.2 Å². The molecule has 1 fully saturated rings. The molecule has 1 aliphatic carbocycles. The first-order valence-electron chi connectivity index (χ1n) is 6.20. The van der Waals surface area contributed by atoms with Crippen molar-refractivity contribution < 1.29 is 14.6 Å². The lowest BCUT2D eigenvalue weighted by Gasteiger charge is -2.19. The molecule has 0 spiro atoms. The maximum Gasteiger partial charge on any atom is 0.373 e. The van der Waals surface area contributed by atoms with Gasteiger partial charge in [-0.05, 0) is 31.9 Å². The number of hydrogen-bond donors (Lipinski definition) is 0. The van der Waals surface area contributed by atoms with Gasteiger partial charge in [-0.2, -0.15) is 4.89 Å². The Labute approximate surface area is 102 Å². The van der Waals surface area contributed by atoms with E-state index in [9.17, 15) is 4.79 Å². The maximum atomic E-state index is 11.7. The first kappa shape index (κ1) is 12.1. The fraction of sp³-hybridized carbons (Fsp3) is 0.500. The molecular formula is C14H18O3. The summed E-state index contributed by atoms with van der Waals surface area (Å²) in [5.41, 5.74) is 1.65. The van der Waals surface area contributed by atoms with Crippen molar-refractivity contribution in [3.05, 3.63) is 35.4 Å². The summed E-state index contributed by atoms with van der Waals surface area (Å²) in [7, 11) is 0. The van der Waals surface area contributed by atoms with E-state index in [-0.39, 0.29) is 6.10 Å². The van der Waals surface area contributed by atoms with Crippen molar-refractivity contribution in [2.24, 2.45) is 0 Å². The summed E-state index contributed by atoms with van der Waals surface area (Å²) >= 11 is 0. The molecule has 3 heteroatoms. The summed E-state index contributed by atoms with van der Waals surface area (Å²) in [5.74, 6) is -0.407. The van der Waals surface area contributed by atoms with Gasteiger partial charge in [0.2, 0.25) is 0 Å². The van der Waals surface area contributed by atoms with Crippen molar-refractivity contribution in [2.45, 2.75) is 45.1 Å². The molecule has 0 N–H and O–H groups in total. The van der Waals surface area contributed by atoms with E-state index in [1.165, 1.54) is 6.42 Å². The van der Waals surface area contributed by atoms with E-state index in [4.69, 9.17) is 9.78 Å². The number of benzene rings is 1. The minimum Gasteiger partial charge on any atom is -0.293 e. The summed E-state index contributed by atoms with van der Waals surface area (Å²) in [6, 6.07) is 7.28. The van der Waals surface area contributed by atoms with Gasteiger partial charge in [0.1, 0.15) is 6.10 Å². The van der Waals surface area contributed by atoms with Crippen LogP contribution < -0.4 is 0 Å². The third kappa shape index (κ3) is 3.56. The Morgan fingerprint density at radius 2 is 1.76 bits per heavy atom. The maximum absolute atomic E-state index is 11.7. The van der Waals surface area contributed by atoms with Crippen LogP contribution in [0.2, 0.25) is 0 Å². The van der Waals surface area contributed by atoms with E-state index in [1.54, 1.807) is 12.1 Å². The number of aryl methyl sites for hydroxylation is 1. The van der Waals surface area contributed by atoms with Crippen LogP contribution in [0.3, 0.4) is 0 Å². The van der Waals surface area contributed by atoms with Crippen LogP contribution in [-0.2, 0) is 9.78 Å². The molecule has 0 heterocycles. The lowest BCUT2D eigenvalue weighted by atomic mass is 9.98. The van der Waals surface area contributed by atoms with Gasteiger partial charge in [-0.1, -0.05) is 37.0 Å². The molecule has 1 aliphatic rings. The van der Waals surface area contributed by atoms with E-state index in [0.29, 0.717) is 5.56 Å². The molecule has 0 atom stereocenters. The van der Waals surface area contributed by atoms with Crippen molar-refractivity contribution >= 4 is 5.97 Å². The van der Waals surface area contributed by atoms with Gasteiger partial charge in [0.25, 0.3) is 0 Å². The van der Waals surface area contributed by atoms with Crippen LogP contribution >= 0.6 is 0 Å². The topological polar surface area (TPSA) is 35.5 Å². The molecular weight excluding hydrogens is 216 g/mol. The molecule has 0 radical (unpaired) electrons. The predicted molar refractivity (Wildman–Crippen MR) is 64.6 cm³/mol. The smallest absolute Gasteiger partial charge is 0.293 e. The molecule has 0 saturated heterocycles. The summed E-state index contributed by atoms with van der Waals surface area (Å²) in [6.45, 7) is 1.98. The first-order valence-corrected chi connectivity index (χ1v) is 6.20. The number of carbonyl (C=O) groups excluding carboxylic acids is 1. The predicted octanol–water partition coefficient (Wildman–Crippen LogP) is 3.42. The minimum atomic E-state index is -0.407. The van der Waals surface area contributed by atoms with Crippen molar-refractivity contribution in [3.63, 3.8) is 0 Å². The first-order chi connectivity index (χ1) is 8.25. The van der Waals surface area contributed by atoms with Gasteiger partial charge in [0, 0.05) is 0 Å². The van der Waals surface area contributed by atoms with Gasteiger partial charge >= 0.3 is 5.97 Å². The van der Waals surface area contributed by atoms with E-state index >= 15 is 0 Å². The molecule has 92 valence electrons. The lowest BCUT2D eigenvalue weighted by molar-refractivity contribution is -0.279. The van der Waals surface area contributed by atoms with Crippen molar-refractivity contribution in [1.82, 2.24) is 0 Å². The quantitative estimate of drug-likeness (QED) is 0.594. The zero-order valence-corrected chi connectivity index (χ0v) is 10.1. The Hall–Kier alpha value is -1.35. The highest BCUT2D eigenvalue weighted by molar-refractivity contribution is 5.88. The molecule has 0 amide bonds. The Balaban J connectivity index is 1.82. The van der Waals surface area contributed by atoms with E-state index < -0.39 is 5.97 Å². The van der Waals surface area contributed by atoms with Crippen molar-refractivity contribution in [1.29, 1.82) is 0 Å². The Bertz CT molecular complexity index is 364. The zero-order chi connectivity index (χ0) is 12.1. The van der Waals surface area contributed by atoms with Gasteiger partial charge in [-0.25, -0.2) is 4.79 Å². The van der Waals surface area contributed by atoms with Crippen LogP contribution in [0.15, 0.2) is 24.3 Å². The zero-order valence-electron chi connectivity index (χ0n) is 10.1. The average molecular weight is 234 g/mol. The monoisotopic (exact) mass is 234 g/mol. The Morgan fingerprint density at radius 3 is 2.41 bits per heavy atom. The molecule has 2 rings (SSSR count). The summed E-state index contributed by atoms with van der Waals surface area (Å²) in [6.07, 6.45) is 5.63. The third-order valence-electron chi connectivity index (χ3n) is 3.10. The molecule has 1 saturated carbocycles. The highest BCUT2D eigenvalue weighted by atomic mass is 17.2. The second-order valence-electron chi connectivity index (χ2n) is 4.59. The molecule has 0 aromatic heterocycles. The molecule has 0 unspecified atom stereocenters. The molecule has 1 aromatic rings. The molecule has 17 heavy (non-hydrogen) atoms. The van der Waals surface area contributed by atoms with Gasteiger partial charge < -0.3 is 0 Å². The average Bonchev–Trinajstić information content (AvgIpc) is 2.38. The minimum absolute atomic E-state index is 0.0816. The second-order valence-corrected chi connectivity index (χ2v) is 4.59. The summed E-state index contributed by atoms with van der Waals surface area (Å²) in [4.78, 5) is 21.7. The van der Waals surface area contributed by atoms with Gasteiger partial charge in [0.05, 0.1) is 5.56 Å².